The molecule has 0 aromatic heterocycles. The van der Waals surface area contributed by atoms with E-state index in [-0.39, 0.29) is 6.10 Å². The molecule has 0 aromatic rings. The van der Waals surface area contributed by atoms with Gasteiger partial charge in [-0.1, -0.05) is 13.3 Å². The first kappa shape index (κ1) is 15.1. The van der Waals surface area contributed by atoms with Crippen LogP contribution in [0.25, 0.3) is 0 Å². The van der Waals surface area contributed by atoms with Gasteiger partial charge in [-0.25, -0.2) is 0 Å². The lowest BCUT2D eigenvalue weighted by molar-refractivity contribution is -0.0564. The second-order valence-corrected chi connectivity index (χ2v) is 6.47. The fourth-order valence-corrected chi connectivity index (χ4v) is 4.47. The fraction of sp³-hybridized carbons (Fsp3) is 1.00. The number of hydrogen-bond donors (Lipinski definition) is 0. The van der Waals surface area contributed by atoms with Crippen LogP contribution in [0, 0.1) is 5.92 Å². The molecule has 17 heavy (non-hydrogen) atoms. The Labute approximate surface area is 106 Å². The van der Waals surface area contributed by atoms with Crippen LogP contribution in [0.2, 0.25) is 0 Å². The molecular formula is C12H26O4Si. The Hall–Kier alpha value is 0.0569. The lowest BCUT2D eigenvalue weighted by Crippen LogP contribution is -2.52. The summed E-state index contributed by atoms with van der Waals surface area (Å²) in [6.45, 7) is 9.75. The molecule has 0 heterocycles. The predicted octanol–water partition coefficient (Wildman–Crippen LogP) is 2.74. The summed E-state index contributed by atoms with van der Waals surface area (Å²) in [7, 11) is -2.90. The van der Waals surface area contributed by atoms with E-state index in [0.29, 0.717) is 25.7 Å². The average molecular weight is 262 g/mol. The van der Waals surface area contributed by atoms with Crippen molar-refractivity contribution in [1.29, 1.82) is 0 Å². The maximum absolute atomic E-state index is 6.10. The number of rotatable bonds is 8. The zero-order chi connectivity index (χ0) is 12.7. The molecule has 1 saturated carbocycles. The quantitative estimate of drug-likeness (QED) is 0.630. The maximum atomic E-state index is 6.10. The number of hydrogen-bond acceptors (Lipinski definition) is 4. The largest absolute Gasteiger partial charge is 0.679 e. The summed E-state index contributed by atoms with van der Waals surface area (Å²) in [6.07, 6.45) is 3.76. The molecule has 5 heteroatoms. The summed E-state index contributed by atoms with van der Waals surface area (Å²) in [5.41, 5.74) is 0. The molecular weight excluding hydrogens is 236 g/mol. The van der Waals surface area contributed by atoms with Gasteiger partial charge in [-0.3, -0.25) is 0 Å². The smallest absolute Gasteiger partial charge is 0.351 e. The molecule has 0 unspecified atom stereocenters. The highest BCUT2D eigenvalue weighted by atomic mass is 28.4. The normalized spacial score (nSPS) is 25.4. The third-order valence-corrected chi connectivity index (χ3v) is 5.56. The van der Waals surface area contributed by atoms with Gasteiger partial charge in [-0.15, -0.1) is 0 Å². The van der Waals surface area contributed by atoms with E-state index in [4.69, 9.17) is 17.7 Å². The molecule has 102 valence electrons. The Bertz CT molecular complexity index is 196. The molecule has 0 spiro atoms. The SMILES string of the molecule is CCO[Si](OCC)(OCC)O[C@H]1CCC[C@H]1C. The third-order valence-electron chi connectivity index (χ3n) is 3.04. The third kappa shape index (κ3) is 4.33. The van der Waals surface area contributed by atoms with Gasteiger partial charge in [0.15, 0.2) is 0 Å². The molecule has 4 nitrogen and oxygen atoms in total. The van der Waals surface area contributed by atoms with Gasteiger partial charge in [0, 0.05) is 19.8 Å². The molecule has 1 rings (SSSR count). The Balaban J connectivity index is 2.65. The molecule has 0 aromatic carbocycles. The van der Waals surface area contributed by atoms with Gasteiger partial charge < -0.3 is 17.7 Å². The minimum Gasteiger partial charge on any atom is -0.351 e. The molecule has 1 aliphatic rings. The van der Waals surface area contributed by atoms with Gasteiger partial charge in [-0.2, -0.15) is 0 Å². The van der Waals surface area contributed by atoms with Crippen molar-refractivity contribution in [3.63, 3.8) is 0 Å². The summed E-state index contributed by atoms with van der Waals surface area (Å²) in [5.74, 6) is 0.572. The predicted molar refractivity (Wildman–Crippen MR) is 68.5 cm³/mol. The molecule has 0 amide bonds. The highest BCUT2D eigenvalue weighted by Crippen LogP contribution is 2.30. The zero-order valence-electron chi connectivity index (χ0n) is 11.5. The van der Waals surface area contributed by atoms with Crippen LogP contribution in [-0.4, -0.2) is 35.0 Å². The average Bonchev–Trinajstić information content (AvgIpc) is 2.65. The molecule has 1 aliphatic carbocycles. The van der Waals surface area contributed by atoms with Crippen LogP contribution in [0.1, 0.15) is 47.0 Å². The van der Waals surface area contributed by atoms with Crippen molar-refractivity contribution in [3.05, 3.63) is 0 Å². The Morgan fingerprint density at radius 3 is 1.82 bits per heavy atom. The molecule has 0 aliphatic heterocycles. The first-order valence-corrected chi connectivity index (χ1v) is 8.40. The fourth-order valence-electron chi connectivity index (χ4n) is 2.23. The van der Waals surface area contributed by atoms with E-state index in [1.54, 1.807) is 0 Å². The van der Waals surface area contributed by atoms with Crippen molar-refractivity contribution >= 4 is 9.05 Å². The van der Waals surface area contributed by atoms with Gasteiger partial charge in [0.05, 0.1) is 6.10 Å². The van der Waals surface area contributed by atoms with E-state index in [0.717, 1.165) is 6.42 Å². The Kier molecular flexibility index (Phi) is 6.65. The second-order valence-electron chi connectivity index (χ2n) is 4.36. The molecule has 1 fully saturated rings. The molecule has 2 atom stereocenters. The highest BCUT2D eigenvalue weighted by molar-refractivity contribution is 6.53. The minimum atomic E-state index is -2.90. The zero-order valence-corrected chi connectivity index (χ0v) is 12.5. The molecule has 0 N–H and O–H groups in total. The first-order chi connectivity index (χ1) is 8.17. The minimum absolute atomic E-state index is 0.228. The van der Waals surface area contributed by atoms with E-state index in [2.05, 4.69) is 6.92 Å². The van der Waals surface area contributed by atoms with Gasteiger partial charge in [0.2, 0.25) is 0 Å². The lowest BCUT2D eigenvalue weighted by atomic mass is 10.1. The first-order valence-electron chi connectivity index (χ1n) is 6.77. The summed E-state index contributed by atoms with van der Waals surface area (Å²) < 4.78 is 23.2. The van der Waals surface area contributed by atoms with Crippen molar-refractivity contribution in [2.75, 3.05) is 19.8 Å². The van der Waals surface area contributed by atoms with Crippen LogP contribution < -0.4 is 0 Å². The van der Waals surface area contributed by atoms with Gasteiger partial charge in [-0.05, 0) is 39.5 Å². The van der Waals surface area contributed by atoms with E-state index < -0.39 is 9.05 Å². The Morgan fingerprint density at radius 1 is 0.941 bits per heavy atom. The summed E-state index contributed by atoms with van der Waals surface area (Å²) in [4.78, 5) is 0. The van der Waals surface area contributed by atoms with Crippen molar-refractivity contribution in [2.45, 2.75) is 53.1 Å². The van der Waals surface area contributed by atoms with E-state index in [1.165, 1.54) is 12.8 Å². The van der Waals surface area contributed by atoms with Crippen LogP contribution >= 0.6 is 0 Å². The molecule has 0 saturated heterocycles. The lowest BCUT2D eigenvalue weighted by Gasteiger charge is -2.31. The van der Waals surface area contributed by atoms with Crippen molar-refractivity contribution in [1.82, 2.24) is 0 Å². The van der Waals surface area contributed by atoms with Crippen LogP contribution in [0.5, 0.6) is 0 Å². The highest BCUT2D eigenvalue weighted by Gasteiger charge is 2.48. The second kappa shape index (κ2) is 7.48. The van der Waals surface area contributed by atoms with E-state index in [9.17, 15) is 0 Å². The van der Waals surface area contributed by atoms with Crippen molar-refractivity contribution in [3.8, 4) is 0 Å². The summed E-state index contributed by atoms with van der Waals surface area (Å²) in [5, 5.41) is 0. The molecule has 0 bridgehead atoms. The summed E-state index contributed by atoms with van der Waals surface area (Å²) in [6, 6.07) is 0. The maximum Gasteiger partial charge on any atom is 0.679 e. The summed E-state index contributed by atoms with van der Waals surface area (Å²) >= 11 is 0. The van der Waals surface area contributed by atoms with Crippen LogP contribution in [0.15, 0.2) is 0 Å². The van der Waals surface area contributed by atoms with Crippen LogP contribution in [0.3, 0.4) is 0 Å². The standard InChI is InChI=1S/C12H26O4Si/c1-5-13-17(14-6-2,15-7-3)16-12-10-8-9-11(12)4/h11-12H,5-10H2,1-4H3/t11-,12+/m1/s1. The van der Waals surface area contributed by atoms with Gasteiger partial charge in [0.1, 0.15) is 0 Å². The monoisotopic (exact) mass is 262 g/mol. The van der Waals surface area contributed by atoms with Gasteiger partial charge in [0.25, 0.3) is 0 Å². The van der Waals surface area contributed by atoms with Crippen LogP contribution in [0.4, 0.5) is 0 Å². The topological polar surface area (TPSA) is 36.9 Å². The Morgan fingerprint density at radius 2 is 1.47 bits per heavy atom. The molecule has 0 radical (unpaired) electrons. The van der Waals surface area contributed by atoms with Gasteiger partial charge >= 0.3 is 9.05 Å². The van der Waals surface area contributed by atoms with E-state index in [1.807, 2.05) is 20.8 Å². The van der Waals surface area contributed by atoms with Crippen LogP contribution in [-0.2, 0) is 17.7 Å². The van der Waals surface area contributed by atoms with Crippen molar-refractivity contribution in [2.24, 2.45) is 5.92 Å². The van der Waals surface area contributed by atoms with Crippen molar-refractivity contribution < 1.29 is 17.7 Å². The van der Waals surface area contributed by atoms with E-state index >= 15 is 0 Å².